The van der Waals surface area contributed by atoms with E-state index in [1.54, 1.807) is 18.4 Å². The van der Waals surface area contributed by atoms with Crippen molar-refractivity contribution in [3.05, 3.63) is 57.5 Å². The van der Waals surface area contributed by atoms with Crippen LogP contribution in [0.25, 0.3) is 10.2 Å². The maximum absolute atomic E-state index is 12.8. The second-order valence-corrected chi connectivity index (χ2v) is 10.1. The highest BCUT2D eigenvalue weighted by Gasteiger charge is 2.32. The minimum atomic E-state index is -3.70. The fraction of sp³-hybridized carbons (Fsp3) is 0.300. The maximum atomic E-state index is 12.8. The van der Waals surface area contributed by atoms with Crippen LogP contribution in [-0.2, 0) is 14.8 Å². The minimum absolute atomic E-state index is 0.117. The Morgan fingerprint density at radius 2 is 1.90 bits per heavy atom. The van der Waals surface area contributed by atoms with Crippen LogP contribution in [0, 0.1) is 24.2 Å². The average molecular weight is 458 g/mol. The van der Waals surface area contributed by atoms with Gasteiger partial charge in [0, 0.05) is 19.0 Å². The van der Waals surface area contributed by atoms with Gasteiger partial charge >= 0.3 is 0 Å². The van der Waals surface area contributed by atoms with Gasteiger partial charge in [-0.1, -0.05) is 0 Å². The highest BCUT2D eigenvalue weighted by molar-refractivity contribution is 7.89. The zero-order valence-electron chi connectivity index (χ0n) is 16.6. The van der Waals surface area contributed by atoms with Gasteiger partial charge in [-0.25, -0.2) is 18.1 Å². The van der Waals surface area contributed by atoms with Crippen LogP contribution in [0.1, 0.15) is 24.2 Å². The number of nitrogens with zero attached hydrogens (tertiary/aromatic N) is 4. The monoisotopic (exact) mass is 457 g/mol. The summed E-state index contributed by atoms with van der Waals surface area (Å²) in [5, 5.41) is 11.1. The van der Waals surface area contributed by atoms with E-state index in [-0.39, 0.29) is 29.5 Å². The molecule has 0 bridgehead atoms. The summed E-state index contributed by atoms with van der Waals surface area (Å²) in [7, 11) is -3.70. The Morgan fingerprint density at radius 1 is 1.23 bits per heavy atom. The number of aromatic nitrogens is 2. The number of aryl methyl sites for hydroxylation is 1. The average Bonchev–Trinajstić information content (AvgIpc) is 3.25. The van der Waals surface area contributed by atoms with Crippen LogP contribution in [-0.4, -0.2) is 41.4 Å². The van der Waals surface area contributed by atoms with Crippen molar-refractivity contribution in [1.82, 2.24) is 14.0 Å². The number of benzene rings is 1. The number of nitrogens with one attached hydrogen (secondary N) is 1. The molecule has 1 aromatic carbocycles. The summed E-state index contributed by atoms with van der Waals surface area (Å²) in [6.07, 6.45) is 0.673. The Labute approximate surface area is 182 Å². The normalized spacial score (nSPS) is 15.6. The zero-order chi connectivity index (χ0) is 22.2. The number of sulfonamides is 1. The van der Waals surface area contributed by atoms with Crippen molar-refractivity contribution in [2.45, 2.75) is 24.7 Å². The third-order valence-electron chi connectivity index (χ3n) is 5.33. The summed E-state index contributed by atoms with van der Waals surface area (Å²) in [6, 6.07) is 9.38. The highest BCUT2D eigenvalue weighted by Crippen LogP contribution is 2.24. The van der Waals surface area contributed by atoms with Gasteiger partial charge in [-0.15, -0.1) is 11.3 Å². The van der Waals surface area contributed by atoms with Crippen LogP contribution in [0.4, 0.5) is 0 Å². The first-order valence-corrected chi connectivity index (χ1v) is 11.9. The molecule has 1 N–H and O–H groups in total. The topological polar surface area (TPSA) is 125 Å². The van der Waals surface area contributed by atoms with E-state index in [0.29, 0.717) is 34.4 Å². The minimum Gasteiger partial charge on any atom is -0.273 e. The van der Waals surface area contributed by atoms with Crippen molar-refractivity contribution in [2.75, 3.05) is 18.5 Å². The number of amides is 1. The summed E-state index contributed by atoms with van der Waals surface area (Å²) in [6.45, 7) is 2.03. The Balaban J connectivity index is 1.44. The molecule has 1 aliphatic heterocycles. The predicted octanol–water partition coefficient (Wildman–Crippen LogP) is 1.81. The van der Waals surface area contributed by atoms with E-state index < -0.39 is 15.9 Å². The molecule has 3 heterocycles. The fourth-order valence-corrected chi connectivity index (χ4v) is 5.83. The summed E-state index contributed by atoms with van der Waals surface area (Å²) in [4.78, 5) is 30.5. The number of thiophene rings is 1. The molecule has 11 heteroatoms. The lowest BCUT2D eigenvalue weighted by Crippen LogP contribution is -2.44. The molecular weight excluding hydrogens is 438 g/mol. The molecule has 0 saturated carbocycles. The van der Waals surface area contributed by atoms with Crippen molar-refractivity contribution in [3.63, 3.8) is 0 Å². The van der Waals surface area contributed by atoms with Crippen molar-refractivity contribution >= 4 is 37.5 Å². The third-order valence-corrected chi connectivity index (χ3v) is 8.05. The maximum Gasteiger partial charge on any atom is 0.281 e. The van der Waals surface area contributed by atoms with Gasteiger partial charge in [-0.2, -0.15) is 9.57 Å². The van der Waals surface area contributed by atoms with E-state index in [0.717, 1.165) is 4.68 Å². The van der Waals surface area contributed by atoms with Gasteiger partial charge in [0.1, 0.15) is 10.7 Å². The molecule has 0 unspecified atom stereocenters. The molecule has 31 heavy (non-hydrogen) atoms. The van der Waals surface area contributed by atoms with Gasteiger partial charge < -0.3 is 0 Å². The molecule has 1 saturated heterocycles. The van der Waals surface area contributed by atoms with Crippen LogP contribution in [0.3, 0.4) is 0 Å². The number of carbonyl (C=O) groups is 1. The van der Waals surface area contributed by atoms with Gasteiger partial charge in [0.25, 0.3) is 5.56 Å². The molecule has 1 amide bonds. The molecule has 0 atom stereocenters. The number of carbonyl (C=O) groups excluding carboxylic acids is 1. The van der Waals surface area contributed by atoms with Gasteiger partial charge in [0.2, 0.25) is 15.9 Å². The quantitative estimate of drug-likeness (QED) is 0.637. The molecule has 2 aromatic heterocycles. The summed E-state index contributed by atoms with van der Waals surface area (Å²) in [5.41, 5.74) is 2.69. The SMILES string of the molecule is Cc1nc2sccc2c(=O)n1NC(=O)C1CCN(S(=O)(=O)c2ccc(C#N)cc2)CC1. The predicted molar refractivity (Wildman–Crippen MR) is 116 cm³/mol. The van der Waals surface area contributed by atoms with Crippen LogP contribution in [0.5, 0.6) is 0 Å². The van der Waals surface area contributed by atoms with Crippen molar-refractivity contribution < 1.29 is 13.2 Å². The fourth-order valence-electron chi connectivity index (χ4n) is 3.56. The van der Waals surface area contributed by atoms with E-state index in [1.807, 2.05) is 6.07 Å². The van der Waals surface area contributed by atoms with Crippen LogP contribution >= 0.6 is 11.3 Å². The zero-order valence-corrected chi connectivity index (χ0v) is 18.2. The second kappa shape index (κ2) is 8.22. The summed E-state index contributed by atoms with van der Waals surface area (Å²) in [5.74, 6) is -0.372. The molecule has 4 rings (SSSR count). The molecule has 3 aromatic rings. The Hall–Kier alpha value is -3.07. The van der Waals surface area contributed by atoms with Crippen LogP contribution < -0.4 is 11.0 Å². The van der Waals surface area contributed by atoms with Gasteiger partial charge in [0.05, 0.1) is 21.9 Å². The summed E-state index contributed by atoms with van der Waals surface area (Å²) >= 11 is 1.36. The van der Waals surface area contributed by atoms with Crippen molar-refractivity contribution in [3.8, 4) is 6.07 Å². The van der Waals surface area contributed by atoms with Crippen LogP contribution in [0.2, 0.25) is 0 Å². The molecule has 0 spiro atoms. The van der Waals surface area contributed by atoms with Gasteiger partial charge in [0.15, 0.2) is 0 Å². The van der Waals surface area contributed by atoms with Crippen molar-refractivity contribution in [2.24, 2.45) is 5.92 Å². The van der Waals surface area contributed by atoms with Gasteiger partial charge in [-0.05, 0) is 55.5 Å². The molecule has 1 aliphatic rings. The number of nitriles is 1. The Morgan fingerprint density at radius 3 is 2.55 bits per heavy atom. The molecule has 0 aliphatic carbocycles. The lowest BCUT2D eigenvalue weighted by molar-refractivity contribution is -0.121. The third kappa shape index (κ3) is 3.97. The van der Waals surface area contributed by atoms with Crippen LogP contribution in [0.15, 0.2) is 45.4 Å². The van der Waals surface area contributed by atoms with Gasteiger partial charge in [-0.3, -0.25) is 15.0 Å². The largest absolute Gasteiger partial charge is 0.281 e. The molecule has 160 valence electrons. The van der Waals surface area contributed by atoms with E-state index >= 15 is 0 Å². The molecule has 1 fully saturated rings. The standard InChI is InChI=1S/C20H19N5O4S2/c1-13-22-19-17(8-11-30-19)20(27)25(13)23-18(26)15-6-9-24(10-7-15)31(28,29)16-4-2-14(12-21)3-5-16/h2-5,8,11,15H,6-7,9-10H2,1H3,(H,23,26). The Kier molecular flexibility index (Phi) is 5.62. The lowest BCUT2D eigenvalue weighted by Gasteiger charge is -2.30. The van der Waals surface area contributed by atoms with E-state index in [1.165, 1.54) is 39.9 Å². The number of hydrogen-bond donors (Lipinski definition) is 1. The highest BCUT2D eigenvalue weighted by atomic mass is 32.2. The first kappa shape index (κ1) is 21.2. The number of rotatable bonds is 4. The smallest absolute Gasteiger partial charge is 0.273 e. The number of piperidine rings is 1. The van der Waals surface area contributed by atoms with Crippen molar-refractivity contribution in [1.29, 1.82) is 5.26 Å². The first-order valence-electron chi connectivity index (χ1n) is 9.59. The first-order chi connectivity index (χ1) is 14.8. The number of hydrogen-bond acceptors (Lipinski definition) is 7. The second-order valence-electron chi connectivity index (χ2n) is 7.23. The van der Waals surface area contributed by atoms with E-state index in [9.17, 15) is 18.0 Å². The number of fused-ring (bicyclic) bond motifs is 1. The lowest BCUT2D eigenvalue weighted by atomic mass is 9.98. The molecule has 0 radical (unpaired) electrons. The van der Waals surface area contributed by atoms with E-state index in [4.69, 9.17) is 5.26 Å². The summed E-state index contributed by atoms with van der Waals surface area (Å²) < 4.78 is 28.2. The molecular formula is C20H19N5O4S2. The Bertz CT molecular complexity index is 1340. The van der Waals surface area contributed by atoms with E-state index in [2.05, 4.69) is 10.4 Å². The molecule has 9 nitrogen and oxygen atoms in total.